The molecule has 3 aromatic rings. The number of ether oxygens (including phenoxy) is 1. The summed E-state index contributed by atoms with van der Waals surface area (Å²) >= 11 is 0. The van der Waals surface area contributed by atoms with E-state index in [-0.39, 0.29) is 17.2 Å². The second kappa shape index (κ2) is 4.57. The van der Waals surface area contributed by atoms with Crippen molar-refractivity contribution >= 4 is 11.6 Å². The van der Waals surface area contributed by atoms with Crippen LogP contribution >= 0.6 is 0 Å². The number of carboxylic acid groups (broad SMARTS) is 1. The van der Waals surface area contributed by atoms with E-state index in [1.165, 1.54) is 23.0 Å². The molecule has 0 unspecified atom stereocenters. The van der Waals surface area contributed by atoms with Crippen molar-refractivity contribution in [1.29, 1.82) is 0 Å². The number of carbonyl (C=O) groups is 1. The lowest BCUT2D eigenvalue weighted by Crippen LogP contribution is -2.03. The minimum absolute atomic E-state index is 0.0562. The molecule has 2 aromatic heterocycles. The van der Waals surface area contributed by atoms with Gasteiger partial charge in [0, 0.05) is 0 Å². The highest BCUT2D eigenvalue weighted by Gasteiger charge is 2.14. The summed E-state index contributed by atoms with van der Waals surface area (Å²) in [6, 6.07) is 4.82. The van der Waals surface area contributed by atoms with Crippen LogP contribution in [0.4, 0.5) is 0 Å². The van der Waals surface area contributed by atoms with Gasteiger partial charge in [0.05, 0.1) is 12.4 Å². The molecule has 2 heterocycles. The van der Waals surface area contributed by atoms with Crippen molar-refractivity contribution in [1.82, 2.24) is 25.0 Å². The Morgan fingerprint density at radius 3 is 3.00 bits per heavy atom. The molecule has 0 amide bonds. The average Bonchev–Trinajstić information content (AvgIpc) is 2.88. The third-order valence-electron chi connectivity index (χ3n) is 2.66. The summed E-state index contributed by atoms with van der Waals surface area (Å²) in [5.41, 5.74) is 1.34. The Balaban J connectivity index is 2.09. The quantitative estimate of drug-likeness (QED) is 0.766. The zero-order chi connectivity index (χ0) is 14.1. The second-order valence-corrected chi connectivity index (χ2v) is 4.10. The van der Waals surface area contributed by atoms with Crippen molar-refractivity contribution in [3.63, 3.8) is 0 Å². The molecule has 8 nitrogen and oxygen atoms in total. The standard InChI is InChI=1S/C12H9N5O3/c1-7-2-3-8(12(18)19)9(4-7)20-11-6-13-5-10-14-15-16-17(10)11/h2-6H,1H3,(H,18,19). The lowest BCUT2D eigenvalue weighted by Gasteiger charge is -2.09. The van der Waals surface area contributed by atoms with Crippen molar-refractivity contribution in [3.05, 3.63) is 41.7 Å². The number of carboxylic acids is 1. The van der Waals surface area contributed by atoms with Gasteiger partial charge in [-0.2, -0.15) is 4.52 Å². The van der Waals surface area contributed by atoms with Gasteiger partial charge in [-0.25, -0.2) is 4.79 Å². The summed E-state index contributed by atoms with van der Waals surface area (Å²) in [6.07, 6.45) is 2.89. The van der Waals surface area contributed by atoms with Crippen molar-refractivity contribution < 1.29 is 14.6 Å². The zero-order valence-electron chi connectivity index (χ0n) is 10.4. The number of tetrazole rings is 1. The largest absolute Gasteiger partial charge is 0.478 e. The van der Waals surface area contributed by atoms with Gasteiger partial charge in [-0.05, 0) is 35.0 Å². The Labute approximate surface area is 112 Å². The first-order valence-electron chi connectivity index (χ1n) is 5.69. The summed E-state index contributed by atoms with van der Waals surface area (Å²) in [5, 5.41) is 20.2. The third-order valence-corrected chi connectivity index (χ3v) is 2.66. The maximum Gasteiger partial charge on any atom is 0.339 e. The predicted octanol–water partition coefficient (Wildman–Crippen LogP) is 1.32. The summed E-state index contributed by atoms with van der Waals surface area (Å²) in [6.45, 7) is 1.84. The molecule has 0 atom stereocenters. The molecule has 1 N–H and O–H groups in total. The van der Waals surface area contributed by atoms with Gasteiger partial charge in [0.25, 0.3) is 0 Å². The molecule has 1 aromatic carbocycles. The molecular weight excluding hydrogens is 262 g/mol. The molecule has 0 aliphatic heterocycles. The van der Waals surface area contributed by atoms with Gasteiger partial charge in [0.2, 0.25) is 11.5 Å². The number of aromatic nitrogens is 5. The summed E-state index contributed by atoms with van der Waals surface area (Å²) in [5.74, 6) is -0.625. The first-order chi connectivity index (χ1) is 9.65. The predicted molar refractivity (Wildman–Crippen MR) is 66.8 cm³/mol. The van der Waals surface area contributed by atoms with E-state index >= 15 is 0 Å². The number of fused-ring (bicyclic) bond motifs is 1. The monoisotopic (exact) mass is 271 g/mol. The third kappa shape index (κ3) is 2.03. The fourth-order valence-corrected chi connectivity index (χ4v) is 1.73. The highest BCUT2D eigenvalue weighted by molar-refractivity contribution is 5.91. The van der Waals surface area contributed by atoms with E-state index in [2.05, 4.69) is 20.5 Å². The molecule has 0 spiro atoms. The van der Waals surface area contributed by atoms with E-state index in [0.717, 1.165) is 5.56 Å². The molecule has 100 valence electrons. The molecule has 0 bridgehead atoms. The zero-order valence-corrected chi connectivity index (χ0v) is 10.4. The SMILES string of the molecule is Cc1ccc(C(=O)O)c(Oc2cncc3nnnn23)c1. The van der Waals surface area contributed by atoms with Crippen LogP contribution in [0.25, 0.3) is 5.65 Å². The van der Waals surface area contributed by atoms with E-state index in [1.54, 1.807) is 12.1 Å². The number of aryl methyl sites for hydroxylation is 1. The Morgan fingerprint density at radius 2 is 2.20 bits per heavy atom. The van der Waals surface area contributed by atoms with E-state index in [0.29, 0.717) is 5.65 Å². The number of nitrogens with zero attached hydrogens (tertiary/aromatic N) is 5. The Bertz CT molecular complexity index is 799. The van der Waals surface area contributed by atoms with Crippen LogP contribution in [0, 0.1) is 6.92 Å². The molecule has 3 rings (SSSR count). The lowest BCUT2D eigenvalue weighted by atomic mass is 10.1. The molecule has 20 heavy (non-hydrogen) atoms. The van der Waals surface area contributed by atoms with Crippen LogP contribution in [0.2, 0.25) is 0 Å². The summed E-state index contributed by atoms with van der Waals surface area (Å²) in [4.78, 5) is 15.1. The molecular formula is C12H9N5O3. The van der Waals surface area contributed by atoms with Crippen LogP contribution in [0.5, 0.6) is 11.6 Å². The highest BCUT2D eigenvalue weighted by atomic mass is 16.5. The maximum absolute atomic E-state index is 11.2. The average molecular weight is 271 g/mol. The number of benzene rings is 1. The summed E-state index contributed by atoms with van der Waals surface area (Å²) in [7, 11) is 0. The van der Waals surface area contributed by atoms with Crippen LogP contribution in [0.15, 0.2) is 30.6 Å². The number of hydrogen-bond acceptors (Lipinski definition) is 6. The van der Waals surface area contributed by atoms with Crippen molar-refractivity contribution in [2.45, 2.75) is 6.92 Å². The molecule has 0 saturated carbocycles. The van der Waals surface area contributed by atoms with Gasteiger partial charge in [-0.3, -0.25) is 4.98 Å². The van der Waals surface area contributed by atoms with Gasteiger partial charge in [-0.15, -0.1) is 5.10 Å². The fraction of sp³-hybridized carbons (Fsp3) is 0.0833. The molecule has 0 aliphatic carbocycles. The van der Waals surface area contributed by atoms with Crippen LogP contribution in [0.1, 0.15) is 15.9 Å². The highest BCUT2D eigenvalue weighted by Crippen LogP contribution is 2.26. The van der Waals surface area contributed by atoms with Crippen molar-refractivity contribution in [3.8, 4) is 11.6 Å². The fourth-order valence-electron chi connectivity index (χ4n) is 1.73. The van der Waals surface area contributed by atoms with Gasteiger partial charge in [0.15, 0.2) is 0 Å². The minimum atomic E-state index is -1.07. The van der Waals surface area contributed by atoms with Crippen molar-refractivity contribution in [2.75, 3.05) is 0 Å². The van der Waals surface area contributed by atoms with Gasteiger partial charge in [-0.1, -0.05) is 6.07 Å². The molecule has 0 radical (unpaired) electrons. The Morgan fingerprint density at radius 1 is 1.35 bits per heavy atom. The lowest BCUT2D eigenvalue weighted by molar-refractivity contribution is 0.0694. The van der Waals surface area contributed by atoms with Crippen LogP contribution in [-0.2, 0) is 0 Å². The smallest absolute Gasteiger partial charge is 0.339 e. The van der Waals surface area contributed by atoms with Gasteiger partial charge >= 0.3 is 5.97 Å². The maximum atomic E-state index is 11.2. The Hall–Kier alpha value is -3.03. The minimum Gasteiger partial charge on any atom is -0.478 e. The van der Waals surface area contributed by atoms with Crippen LogP contribution in [-0.4, -0.2) is 36.1 Å². The number of hydrogen-bond donors (Lipinski definition) is 1. The van der Waals surface area contributed by atoms with Crippen LogP contribution in [0.3, 0.4) is 0 Å². The molecule has 8 heteroatoms. The van der Waals surface area contributed by atoms with Crippen molar-refractivity contribution in [2.24, 2.45) is 0 Å². The Kier molecular flexibility index (Phi) is 2.75. The van der Waals surface area contributed by atoms with Crippen LogP contribution < -0.4 is 4.74 Å². The topological polar surface area (TPSA) is 102 Å². The second-order valence-electron chi connectivity index (χ2n) is 4.10. The van der Waals surface area contributed by atoms with E-state index in [1.807, 2.05) is 6.92 Å². The number of rotatable bonds is 3. The summed E-state index contributed by atoms with van der Waals surface area (Å²) < 4.78 is 6.93. The first-order valence-corrected chi connectivity index (χ1v) is 5.69. The van der Waals surface area contributed by atoms with E-state index < -0.39 is 5.97 Å². The van der Waals surface area contributed by atoms with Gasteiger partial charge < -0.3 is 9.84 Å². The van der Waals surface area contributed by atoms with E-state index in [4.69, 9.17) is 9.84 Å². The molecule has 0 saturated heterocycles. The normalized spacial score (nSPS) is 10.7. The molecule has 0 aliphatic rings. The molecule has 0 fully saturated rings. The number of aromatic carboxylic acids is 1. The first kappa shape index (κ1) is 12.0. The van der Waals surface area contributed by atoms with Gasteiger partial charge in [0.1, 0.15) is 11.3 Å². The van der Waals surface area contributed by atoms with E-state index in [9.17, 15) is 4.79 Å².